The van der Waals surface area contributed by atoms with E-state index < -0.39 is 90.1 Å². The molecule has 0 radical (unpaired) electrons. The maximum absolute atomic E-state index is 12.7. The number of carbonyl (C=O) groups excluding carboxylic acids is 4. The summed E-state index contributed by atoms with van der Waals surface area (Å²) in [5, 5.41) is 39.9. The number of guanidine groups is 1. The maximum atomic E-state index is 12.7. The van der Waals surface area contributed by atoms with E-state index in [0.717, 1.165) is 38.7 Å². The van der Waals surface area contributed by atoms with Gasteiger partial charge < -0.3 is 44.9 Å². The summed E-state index contributed by atoms with van der Waals surface area (Å²) < 4.78 is 21.5. The van der Waals surface area contributed by atoms with Crippen LogP contribution in [0.25, 0.3) is 0 Å². The molecule has 0 fully saturated rings. The lowest BCUT2D eigenvalue weighted by molar-refractivity contribution is -0.146. The summed E-state index contributed by atoms with van der Waals surface area (Å²) in [6.07, 6.45) is -2.71. The highest BCUT2D eigenvalue weighted by atomic mass is 16.6. The zero-order valence-electron chi connectivity index (χ0n) is 28.4. The highest BCUT2D eigenvalue weighted by Crippen LogP contribution is 2.27. The highest BCUT2D eigenvalue weighted by molar-refractivity contribution is 6.01. The molecule has 17 heteroatoms. The number of carboxylic acids is 1. The summed E-state index contributed by atoms with van der Waals surface area (Å²) >= 11 is 0. The molecule has 4 amide bonds. The van der Waals surface area contributed by atoms with Crippen LogP contribution in [-0.4, -0.2) is 106 Å². The number of carbonyl (C=O) groups is 5. The van der Waals surface area contributed by atoms with E-state index in [0.29, 0.717) is 6.42 Å². The fourth-order valence-electron chi connectivity index (χ4n) is 4.22. The third-order valence-corrected chi connectivity index (χ3v) is 6.09. The van der Waals surface area contributed by atoms with Crippen LogP contribution in [-0.2, 0) is 28.5 Å². The Labute approximate surface area is 274 Å². The normalized spacial score (nSPS) is 19.0. The van der Waals surface area contributed by atoms with Gasteiger partial charge in [0.15, 0.2) is 12.2 Å². The molecule has 268 valence electrons. The molecule has 0 bridgehead atoms. The van der Waals surface area contributed by atoms with Crippen LogP contribution in [0.3, 0.4) is 0 Å². The van der Waals surface area contributed by atoms with Crippen LogP contribution >= 0.6 is 0 Å². The van der Waals surface area contributed by atoms with Crippen molar-refractivity contribution in [1.82, 2.24) is 21.3 Å². The molecule has 0 spiro atoms. The predicted octanol–water partition coefficient (Wildman–Crippen LogP) is 2.05. The second-order valence-corrected chi connectivity index (χ2v) is 12.8. The van der Waals surface area contributed by atoms with Crippen molar-refractivity contribution in [3.8, 4) is 0 Å². The van der Waals surface area contributed by atoms with Crippen molar-refractivity contribution in [2.75, 3.05) is 13.2 Å². The number of aliphatic imine (C=N–C) groups is 1. The van der Waals surface area contributed by atoms with Crippen LogP contribution in [0.4, 0.5) is 14.4 Å². The summed E-state index contributed by atoms with van der Waals surface area (Å²) in [5.74, 6) is -3.54. The van der Waals surface area contributed by atoms with Crippen LogP contribution in [0.15, 0.2) is 16.8 Å². The largest absolute Gasteiger partial charge is 0.477 e. The fourth-order valence-corrected chi connectivity index (χ4v) is 4.22. The third kappa shape index (κ3) is 16.3. The van der Waals surface area contributed by atoms with Crippen LogP contribution < -0.4 is 21.3 Å². The molecule has 0 aromatic heterocycles. The van der Waals surface area contributed by atoms with Crippen molar-refractivity contribution in [2.45, 2.75) is 129 Å². The molecular formula is C30H51N5O12. The fraction of sp³-hybridized carbons (Fsp3) is 0.733. The Kier molecular flexibility index (Phi) is 16.4. The number of hydrogen-bond donors (Lipinski definition) is 7. The number of aliphatic hydroxyl groups excluding tert-OH is 2. The molecule has 0 saturated heterocycles. The Hall–Kier alpha value is -4.12. The lowest BCUT2D eigenvalue weighted by atomic mass is 9.92. The van der Waals surface area contributed by atoms with Crippen molar-refractivity contribution in [1.29, 1.82) is 0 Å². The quantitative estimate of drug-likeness (QED) is 0.0643. The average molecular weight is 674 g/mol. The number of rotatable bonds is 13. The van der Waals surface area contributed by atoms with Crippen molar-refractivity contribution in [2.24, 2.45) is 4.99 Å². The standard InChI is InChI=1S/C30H51N5O12/c1-9-10-11-12-13-14-31-26(41)45-22(19(38)16-36)23-21(32-17(2)37)18(15-20(44-23)24(39)40)33-25(34-27(42)46-29(3,4)5)35-28(43)47-30(6,7)8/h15,18-19,21-23,36,38H,9-14,16H2,1-8H3,(H,31,41)(H,32,37)(H,39,40)(H2,33,34,35,42,43)/t18-,19+,21+,22+,23+/m0/s1. The minimum absolute atomic E-state index is 0.244. The van der Waals surface area contributed by atoms with Gasteiger partial charge in [0.05, 0.1) is 18.7 Å². The highest BCUT2D eigenvalue weighted by Gasteiger charge is 2.46. The lowest BCUT2D eigenvalue weighted by Gasteiger charge is -2.40. The van der Waals surface area contributed by atoms with E-state index in [-0.39, 0.29) is 6.54 Å². The first-order chi connectivity index (χ1) is 21.8. The number of carboxylic acid groups (broad SMARTS) is 1. The molecule has 7 N–H and O–H groups in total. The zero-order chi connectivity index (χ0) is 35.9. The molecule has 1 rings (SSSR count). The van der Waals surface area contributed by atoms with Gasteiger partial charge in [-0.05, 0) is 54.0 Å². The molecule has 0 saturated carbocycles. The van der Waals surface area contributed by atoms with E-state index in [1.807, 2.05) is 0 Å². The van der Waals surface area contributed by atoms with E-state index in [4.69, 9.17) is 18.9 Å². The Bertz CT molecular complexity index is 1110. The minimum Gasteiger partial charge on any atom is -0.477 e. The van der Waals surface area contributed by atoms with Crippen molar-refractivity contribution >= 4 is 36.1 Å². The molecule has 0 aliphatic carbocycles. The average Bonchev–Trinajstić information content (AvgIpc) is 2.91. The van der Waals surface area contributed by atoms with Gasteiger partial charge in [-0.3, -0.25) is 15.4 Å². The molecule has 0 aromatic carbocycles. The first kappa shape index (κ1) is 40.9. The molecule has 1 aliphatic rings. The predicted molar refractivity (Wildman–Crippen MR) is 168 cm³/mol. The summed E-state index contributed by atoms with van der Waals surface area (Å²) in [5.41, 5.74) is -1.91. The van der Waals surface area contributed by atoms with Gasteiger partial charge in [0, 0.05) is 13.5 Å². The summed E-state index contributed by atoms with van der Waals surface area (Å²) in [6.45, 7) is 12.1. The summed E-state index contributed by atoms with van der Waals surface area (Å²) in [7, 11) is 0. The molecular weight excluding hydrogens is 622 g/mol. The topological polar surface area (TPSA) is 243 Å². The van der Waals surface area contributed by atoms with Crippen molar-refractivity contribution in [3.05, 3.63) is 11.8 Å². The van der Waals surface area contributed by atoms with E-state index in [1.54, 1.807) is 41.5 Å². The summed E-state index contributed by atoms with van der Waals surface area (Å²) in [6, 6.07) is -2.83. The molecule has 1 heterocycles. The lowest BCUT2D eigenvalue weighted by Crippen LogP contribution is -2.61. The monoisotopic (exact) mass is 673 g/mol. The van der Waals surface area contributed by atoms with Gasteiger partial charge in [-0.1, -0.05) is 32.6 Å². The molecule has 0 unspecified atom stereocenters. The van der Waals surface area contributed by atoms with Gasteiger partial charge in [0.1, 0.15) is 17.3 Å². The van der Waals surface area contributed by atoms with Crippen molar-refractivity contribution in [3.63, 3.8) is 0 Å². The van der Waals surface area contributed by atoms with Gasteiger partial charge in [0.25, 0.3) is 0 Å². The number of nitrogens with zero attached hydrogens (tertiary/aromatic N) is 1. The first-order valence-electron chi connectivity index (χ1n) is 15.5. The second-order valence-electron chi connectivity index (χ2n) is 12.8. The molecule has 1 aliphatic heterocycles. The zero-order valence-corrected chi connectivity index (χ0v) is 28.4. The van der Waals surface area contributed by atoms with Gasteiger partial charge in [0.2, 0.25) is 17.6 Å². The van der Waals surface area contributed by atoms with Crippen LogP contribution in [0.1, 0.15) is 87.5 Å². The minimum atomic E-state index is -1.80. The number of aliphatic hydroxyl groups is 2. The molecule has 5 atom stereocenters. The number of alkyl carbamates (subject to hydrolysis) is 3. The van der Waals surface area contributed by atoms with E-state index >= 15 is 0 Å². The second kappa shape index (κ2) is 18.9. The Morgan fingerprint density at radius 2 is 1.49 bits per heavy atom. The maximum Gasteiger partial charge on any atom is 0.414 e. The van der Waals surface area contributed by atoms with Gasteiger partial charge in [-0.2, -0.15) is 0 Å². The van der Waals surface area contributed by atoms with Gasteiger partial charge in [-0.25, -0.2) is 24.2 Å². The Morgan fingerprint density at radius 3 is 1.96 bits per heavy atom. The number of ether oxygens (including phenoxy) is 4. The van der Waals surface area contributed by atoms with Crippen molar-refractivity contribution < 1.29 is 58.2 Å². The van der Waals surface area contributed by atoms with Crippen LogP contribution in [0.2, 0.25) is 0 Å². The van der Waals surface area contributed by atoms with E-state index in [9.17, 15) is 39.3 Å². The molecule has 47 heavy (non-hydrogen) atoms. The van der Waals surface area contributed by atoms with Crippen LogP contribution in [0, 0.1) is 0 Å². The van der Waals surface area contributed by atoms with Gasteiger partial charge >= 0.3 is 24.2 Å². The smallest absolute Gasteiger partial charge is 0.414 e. The number of aliphatic carboxylic acids is 1. The van der Waals surface area contributed by atoms with E-state index in [1.165, 1.54) is 0 Å². The van der Waals surface area contributed by atoms with Gasteiger partial charge in [-0.15, -0.1) is 0 Å². The molecule has 0 aromatic rings. The van der Waals surface area contributed by atoms with E-state index in [2.05, 4.69) is 33.2 Å². The third-order valence-electron chi connectivity index (χ3n) is 6.09. The summed E-state index contributed by atoms with van der Waals surface area (Å²) in [4.78, 5) is 66.8. The SMILES string of the molecule is CCCCCCCNC(=O)O[C@@H]([C@@H]1OC(C(=O)O)=C[C@H](N=C(NC(=O)OC(C)(C)C)NC(=O)OC(C)(C)C)[C@H]1NC(C)=O)[C@H](O)CO. The number of nitrogens with one attached hydrogen (secondary N) is 4. The Morgan fingerprint density at radius 1 is 0.936 bits per heavy atom. The Balaban J connectivity index is 3.57. The molecule has 17 nitrogen and oxygen atoms in total. The number of amides is 4. The number of unbranched alkanes of at least 4 members (excludes halogenated alkanes) is 4. The first-order valence-corrected chi connectivity index (χ1v) is 15.5. The number of hydrogen-bond acceptors (Lipinski definition) is 12. The van der Waals surface area contributed by atoms with Crippen LogP contribution in [0.5, 0.6) is 0 Å².